The maximum absolute atomic E-state index is 12.3. The molecule has 0 unspecified atom stereocenters. The SMILES string of the molecule is O=[N+]([O-])c1c(I)cc(C(F)F)nc1CO. The van der Waals surface area contributed by atoms with Crippen LogP contribution in [0, 0.1) is 13.7 Å². The summed E-state index contributed by atoms with van der Waals surface area (Å²) in [6, 6.07) is 0.933. The summed E-state index contributed by atoms with van der Waals surface area (Å²) in [5.41, 5.74) is -1.35. The highest BCUT2D eigenvalue weighted by Gasteiger charge is 2.23. The standard InChI is InChI=1S/C7H5F2IN2O3/c8-7(9)4-1-3(10)6(12(14)15)5(2-13)11-4/h1,7,13H,2H2. The fourth-order valence-corrected chi connectivity index (χ4v) is 1.82. The predicted molar refractivity (Wildman–Crippen MR) is 54.5 cm³/mol. The topological polar surface area (TPSA) is 76.3 Å². The number of nitrogens with zero attached hydrogens (tertiary/aromatic N) is 2. The van der Waals surface area contributed by atoms with Crippen LogP contribution in [0.25, 0.3) is 0 Å². The monoisotopic (exact) mass is 330 g/mol. The Morgan fingerprint density at radius 1 is 1.67 bits per heavy atom. The Morgan fingerprint density at radius 2 is 2.27 bits per heavy atom. The molecule has 1 aromatic heterocycles. The molecule has 0 spiro atoms. The van der Waals surface area contributed by atoms with Gasteiger partial charge in [-0.25, -0.2) is 13.8 Å². The molecule has 0 aromatic carbocycles. The molecule has 8 heteroatoms. The van der Waals surface area contributed by atoms with Crippen molar-refractivity contribution in [1.29, 1.82) is 0 Å². The van der Waals surface area contributed by atoms with E-state index in [9.17, 15) is 18.9 Å². The van der Waals surface area contributed by atoms with Crippen LogP contribution in [0.4, 0.5) is 14.5 Å². The number of aliphatic hydroxyl groups excluding tert-OH is 1. The molecule has 0 aliphatic rings. The molecule has 0 bridgehead atoms. The number of halogens is 3. The maximum atomic E-state index is 12.3. The largest absolute Gasteiger partial charge is 0.390 e. The zero-order chi connectivity index (χ0) is 11.6. The Hall–Kier alpha value is -0.900. The number of hydrogen-bond donors (Lipinski definition) is 1. The molecule has 0 amide bonds. The second kappa shape index (κ2) is 4.75. The number of aliphatic hydroxyl groups is 1. The molecule has 1 N–H and O–H groups in total. The van der Waals surface area contributed by atoms with Crippen LogP contribution in [0.15, 0.2) is 6.07 Å². The molecule has 1 rings (SSSR count). The van der Waals surface area contributed by atoms with E-state index in [1.165, 1.54) is 0 Å². The van der Waals surface area contributed by atoms with Gasteiger partial charge < -0.3 is 5.11 Å². The van der Waals surface area contributed by atoms with E-state index in [2.05, 4.69) is 4.98 Å². The summed E-state index contributed by atoms with van der Waals surface area (Å²) in [5, 5.41) is 19.3. The zero-order valence-corrected chi connectivity index (χ0v) is 9.31. The first-order valence-electron chi connectivity index (χ1n) is 3.70. The Labute approximate surface area is 96.4 Å². The van der Waals surface area contributed by atoms with E-state index in [0.717, 1.165) is 6.07 Å². The lowest BCUT2D eigenvalue weighted by Crippen LogP contribution is -2.04. The minimum absolute atomic E-state index is 0.0342. The van der Waals surface area contributed by atoms with Crippen LogP contribution >= 0.6 is 22.6 Å². The number of pyridine rings is 1. The van der Waals surface area contributed by atoms with E-state index in [4.69, 9.17) is 5.11 Å². The maximum Gasteiger partial charge on any atom is 0.306 e. The first-order valence-corrected chi connectivity index (χ1v) is 4.78. The number of rotatable bonds is 3. The Kier molecular flexibility index (Phi) is 3.85. The highest BCUT2D eigenvalue weighted by Crippen LogP contribution is 2.28. The highest BCUT2D eigenvalue weighted by molar-refractivity contribution is 14.1. The molecular weight excluding hydrogens is 325 g/mol. The molecule has 15 heavy (non-hydrogen) atoms. The molecule has 0 saturated carbocycles. The normalized spacial score (nSPS) is 10.7. The Balaban J connectivity index is 3.37. The van der Waals surface area contributed by atoms with Crippen molar-refractivity contribution in [1.82, 2.24) is 4.98 Å². The second-order valence-corrected chi connectivity index (χ2v) is 3.70. The van der Waals surface area contributed by atoms with Crippen LogP contribution in [0.3, 0.4) is 0 Å². The molecular formula is C7H5F2IN2O3. The minimum atomic E-state index is -2.82. The van der Waals surface area contributed by atoms with Crippen molar-refractivity contribution in [3.05, 3.63) is 31.1 Å². The predicted octanol–water partition coefficient (Wildman–Crippen LogP) is 2.02. The van der Waals surface area contributed by atoms with Crippen LogP contribution in [0.5, 0.6) is 0 Å². The van der Waals surface area contributed by atoms with Gasteiger partial charge in [-0.15, -0.1) is 0 Å². The third-order valence-electron chi connectivity index (χ3n) is 1.59. The fourth-order valence-electron chi connectivity index (χ4n) is 0.992. The summed E-state index contributed by atoms with van der Waals surface area (Å²) in [7, 11) is 0. The van der Waals surface area contributed by atoms with Crippen LogP contribution in [-0.2, 0) is 6.61 Å². The van der Waals surface area contributed by atoms with E-state index in [0.29, 0.717) is 0 Å². The van der Waals surface area contributed by atoms with Gasteiger partial charge in [0.25, 0.3) is 6.43 Å². The van der Waals surface area contributed by atoms with Crippen molar-refractivity contribution in [2.24, 2.45) is 0 Å². The first-order chi connectivity index (χ1) is 6.97. The van der Waals surface area contributed by atoms with Gasteiger partial charge in [0, 0.05) is 0 Å². The van der Waals surface area contributed by atoms with E-state index in [1.807, 2.05) is 0 Å². The summed E-state index contributed by atoms with van der Waals surface area (Å²) >= 11 is 1.56. The minimum Gasteiger partial charge on any atom is -0.390 e. The molecule has 1 heterocycles. The molecule has 0 fully saturated rings. The zero-order valence-electron chi connectivity index (χ0n) is 7.15. The lowest BCUT2D eigenvalue weighted by molar-refractivity contribution is -0.387. The molecule has 0 atom stereocenters. The summed E-state index contributed by atoms with van der Waals surface area (Å²) in [4.78, 5) is 13.1. The smallest absolute Gasteiger partial charge is 0.306 e. The molecule has 0 saturated heterocycles. The average molecular weight is 330 g/mol. The fraction of sp³-hybridized carbons (Fsp3) is 0.286. The number of alkyl halides is 2. The van der Waals surface area contributed by atoms with E-state index >= 15 is 0 Å². The van der Waals surface area contributed by atoms with Gasteiger partial charge in [0.05, 0.1) is 15.1 Å². The van der Waals surface area contributed by atoms with Gasteiger partial charge in [-0.1, -0.05) is 0 Å². The van der Waals surface area contributed by atoms with Gasteiger partial charge in [-0.2, -0.15) is 0 Å². The van der Waals surface area contributed by atoms with Gasteiger partial charge in [0.15, 0.2) is 0 Å². The quantitative estimate of drug-likeness (QED) is 0.523. The lowest BCUT2D eigenvalue weighted by atomic mass is 10.2. The second-order valence-electron chi connectivity index (χ2n) is 2.54. The van der Waals surface area contributed by atoms with Crippen molar-refractivity contribution in [3.63, 3.8) is 0 Å². The van der Waals surface area contributed by atoms with E-state index in [-0.39, 0.29) is 9.26 Å². The van der Waals surface area contributed by atoms with Crippen molar-refractivity contribution in [2.75, 3.05) is 0 Å². The molecule has 0 aliphatic heterocycles. The van der Waals surface area contributed by atoms with E-state index < -0.39 is 29.3 Å². The highest BCUT2D eigenvalue weighted by atomic mass is 127. The van der Waals surface area contributed by atoms with Crippen LogP contribution in [0.2, 0.25) is 0 Å². The first kappa shape index (κ1) is 12.2. The molecule has 5 nitrogen and oxygen atoms in total. The van der Waals surface area contributed by atoms with Crippen molar-refractivity contribution in [2.45, 2.75) is 13.0 Å². The Bertz CT molecular complexity index is 400. The molecule has 0 radical (unpaired) electrons. The summed E-state index contributed by atoms with van der Waals surface area (Å²) in [6.45, 7) is -0.743. The van der Waals surface area contributed by atoms with Crippen LogP contribution < -0.4 is 0 Å². The van der Waals surface area contributed by atoms with Crippen molar-refractivity contribution >= 4 is 28.3 Å². The average Bonchev–Trinajstić information content (AvgIpc) is 2.15. The Morgan fingerprint density at radius 3 is 2.67 bits per heavy atom. The third-order valence-corrected chi connectivity index (χ3v) is 2.42. The van der Waals surface area contributed by atoms with Gasteiger partial charge in [-0.05, 0) is 28.7 Å². The van der Waals surface area contributed by atoms with Crippen LogP contribution in [0.1, 0.15) is 17.8 Å². The molecule has 1 aromatic rings. The number of aromatic nitrogens is 1. The number of hydrogen-bond acceptors (Lipinski definition) is 4. The van der Waals surface area contributed by atoms with Gasteiger partial charge in [0.2, 0.25) is 0 Å². The summed E-state index contributed by atoms with van der Waals surface area (Å²) in [5.74, 6) is 0. The van der Waals surface area contributed by atoms with Gasteiger partial charge in [0.1, 0.15) is 11.4 Å². The summed E-state index contributed by atoms with van der Waals surface area (Å²) in [6.07, 6.45) is -2.82. The molecule has 82 valence electrons. The summed E-state index contributed by atoms with van der Waals surface area (Å²) < 4.78 is 24.6. The molecule has 0 aliphatic carbocycles. The van der Waals surface area contributed by atoms with Crippen molar-refractivity contribution < 1.29 is 18.8 Å². The number of nitro groups is 1. The third kappa shape index (κ3) is 2.56. The van der Waals surface area contributed by atoms with Crippen molar-refractivity contribution in [3.8, 4) is 0 Å². The van der Waals surface area contributed by atoms with Gasteiger partial charge >= 0.3 is 5.69 Å². The lowest BCUT2D eigenvalue weighted by Gasteiger charge is -2.04. The van der Waals surface area contributed by atoms with Gasteiger partial charge in [-0.3, -0.25) is 10.1 Å². The van der Waals surface area contributed by atoms with E-state index in [1.54, 1.807) is 22.6 Å². The van der Waals surface area contributed by atoms with Crippen LogP contribution in [-0.4, -0.2) is 15.0 Å².